The zero-order valence-corrected chi connectivity index (χ0v) is 22.0. The molecular formula is C30H32ClN3O3. The Kier molecular flexibility index (Phi) is 7.38. The van der Waals surface area contributed by atoms with Crippen LogP contribution in [-0.4, -0.2) is 68.0 Å². The fraction of sp³-hybridized carbons (Fsp3) is 0.333. The highest BCUT2D eigenvalue weighted by molar-refractivity contribution is 6.31. The summed E-state index contributed by atoms with van der Waals surface area (Å²) < 4.78 is 5.33. The number of carbonyl (C=O) groups excluding carboxylic acids is 2. The van der Waals surface area contributed by atoms with Gasteiger partial charge in [0.25, 0.3) is 5.91 Å². The van der Waals surface area contributed by atoms with Crippen LogP contribution in [0.1, 0.15) is 27.4 Å². The Morgan fingerprint density at radius 3 is 2.27 bits per heavy atom. The van der Waals surface area contributed by atoms with E-state index in [0.717, 1.165) is 24.4 Å². The van der Waals surface area contributed by atoms with Gasteiger partial charge in [0.05, 0.1) is 13.0 Å². The molecule has 0 N–H and O–H groups in total. The summed E-state index contributed by atoms with van der Waals surface area (Å²) in [4.78, 5) is 33.4. The third-order valence-electron chi connectivity index (χ3n) is 7.59. The number of anilines is 1. The van der Waals surface area contributed by atoms with Crippen LogP contribution < -0.4 is 9.64 Å². The molecule has 2 aliphatic heterocycles. The van der Waals surface area contributed by atoms with Crippen LogP contribution in [0.4, 0.5) is 5.69 Å². The molecule has 2 aliphatic rings. The van der Waals surface area contributed by atoms with Crippen LogP contribution in [0.15, 0.2) is 72.8 Å². The standard InChI is InChI=1S/C30H32ClN3O3/c1-21-6-3-4-9-28(21)32-14-16-33(17-15-32)30(36)27-20-34(29(35)23-7-5-8-24(31)18-23)19-26(27)22-10-12-25(37-2)13-11-22/h3-13,18,26-27H,14-17,19-20H2,1-2H3/t26-,27-/m0/s1. The molecule has 7 heteroatoms. The van der Waals surface area contributed by atoms with Gasteiger partial charge in [-0.05, 0) is 54.4 Å². The van der Waals surface area contributed by atoms with Crippen molar-refractivity contribution < 1.29 is 14.3 Å². The molecule has 2 saturated heterocycles. The number of rotatable bonds is 5. The third kappa shape index (κ3) is 5.30. The molecule has 0 aromatic heterocycles. The Bertz CT molecular complexity index is 1270. The van der Waals surface area contributed by atoms with E-state index in [-0.39, 0.29) is 23.7 Å². The van der Waals surface area contributed by atoms with E-state index in [0.29, 0.717) is 36.8 Å². The van der Waals surface area contributed by atoms with Gasteiger partial charge in [-0.2, -0.15) is 0 Å². The lowest BCUT2D eigenvalue weighted by Crippen LogP contribution is -2.51. The van der Waals surface area contributed by atoms with E-state index in [2.05, 4.69) is 36.1 Å². The summed E-state index contributed by atoms with van der Waals surface area (Å²) in [5.74, 6) is 0.397. The first-order valence-corrected chi connectivity index (χ1v) is 13.1. The van der Waals surface area contributed by atoms with Crippen LogP contribution in [0.25, 0.3) is 0 Å². The summed E-state index contributed by atoms with van der Waals surface area (Å²) in [5.41, 5.74) is 4.05. The van der Waals surface area contributed by atoms with E-state index < -0.39 is 0 Å². The maximum absolute atomic E-state index is 13.9. The number of methoxy groups -OCH3 is 1. The van der Waals surface area contributed by atoms with Crippen LogP contribution in [-0.2, 0) is 4.79 Å². The van der Waals surface area contributed by atoms with Gasteiger partial charge in [-0.25, -0.2) is 0 Å². The lowest BCUT2D eigenvalue weighted by Gasteiger charge is -2.38. The quantitative estimate of drug-likeness (QED) is 0.485. The van der Waals surface area contributed by atoms with E-state index in [4.69, 9.17) is 16.3 Å². The number of hydrogen-bond acceptors (Lipinski definition) is 4. The zero-order chi connectivity index (χ0) is 25.9. The van der Waals surface area contributed by atoms with E-state index in [1.165, 1.54) is 11.3 Å². The number of para-hydroxylation sites is 1. The molecular weight excluding hydrogens is 486 g/mol. The van der Waals surface area contributed by atoms with Crippen molar-refractivity contribution in [3.8, 4) is 5.75 Å². The van der Waals surface area contributed by atoms with E-state index >= 15 is 0 Å². The SMILES string of the molecule is COc1ccc([C@@H]2CN(C(=O)c3cccc(Cl)c3)C[C@@H]2C(=O)N2CCN(c3ccccc3C)CC2)cc1. The molecule has 3 aromatic rings. The van der Waals surface area contributed by atoms with Gasteiger partial charge in [-0.15, -0.1) is 0 Å². The van der Waals surface area contributed by atoms with Gasteiger partial charge in [-0.3, -0.25) is 9.59 Å². The Morgan fingerprint density at radius 1 is 0.865 bits per heavy atom. The Hall–Kier alpha value is -3.51. The summed E-state index contributed by atoms with van der Waals surface area (Å²) >= 11 is 6.15. The molecule has 6 nitrogen and oxygen atoms in total. The first kappa shape index (κ1) is 25.2. The predicted octanol–water partition coefficient (Wildman–Crippen LogP) is 4.86. The van der Waals surface area contributed by atoms with Gasteiger partial charge in [0.15, 0.2) is 0 Å². The average Bonchev–Trinajstić information content (AvgIpc) is 3.38. The topological polar surface area (TPSA) is 53.1 Å². The van der Waals surface area contributed by atoms with E-state index in [1.807, 2.05) is 29.2 Å². The second kappa shape index (κ2) is 10.9. The summed E-state index contributed by atoms with van der Waals surface area (Å²) in [7, 11) is 1.64. The van der Waals surface area contributed by atoms with E-state index in [1.54, 1.807) is 36.3 Å². The van der Waals surface area contributed by atoms with Gasteiger partial charge < -0.3 is 19.4 Å². The summed E-state index contributed by atoms with van der Waals surface area (Å²) in [6, 6.07) is 23.2. The van der Waals surface area contributed by atoms with Crippen LogP contribution in [0.3, 0.4) is 0 Å². The van der Waals surface area contributed by atoms with Crippen LogP contribution in [0, 0.1) is 12.8 Å². The smallest absolute Gasteiger partial charge is 0.253 e. The van der Waals surface area contributed by atoms with Crippen molar-refractivity contribution in [1.82, 2.24) is 9.80 Å². The van der Waals surface area contributed by atoms with Crippen molar-refractivity contribution in [2.24, 2.45) is 5.92 Å². The molecule has 37 heavy (non-hydrogen) atoms. The molecule has 0 radical (unpaired) electrons. The average molecular weight is 518 g/mol. The van der Waals surface area contributed by atoms with Gasteiger partial charge in [0, 0.05) is 61.5 Å². The predicted molar refractivity (Wildman–Crippen MR) is 147 cm³/mol. The second-order valence-corrected chi connectivity index (χ2v) is 10.2. The number of hydrogen-bond donors (Lipinski definition) is 0. The second-order valence-electron chi connectivity index (χ2n) is 9.81. The number of likely N-dealkylation sites (tertiary alicyclic amines) is 1. The minimum Gasteiger partial charge on any atom is -0.497 e. The number of ether oxygens (including phenoxy) is 1. The number of piperazine rings is 1. The molecule has 0 aliphatic carbocycles. The van der Waals surface area contributed by atoms with Crippen molar-refractivity contribution in [2.75, 3.05) is 51.3 Å². The molecule has 3 aromatic carbocycles. The Morgan fingerprint density at radius 2 is 1.59 bits per heavy atom. The van der Waals surface area contributed by atoms with Crippen molar-refractivity contribution in [3.63, 3.8) is 0 Å². The highest BCUT2D eigenvalue weighted by atomic mass is 35.5. The zero-order valence-electron chi connectivity index (χ0n) is 21.3. The van der Waals surface area contributed by atoms with Crippen molar-refractivity contribution >= 4 is 29.1 Å². The summed E-state index contributed by atoms with van der Waals surface area (Å²) in [6.07, 6.45) is 0. The first-order chi connectivity index (χ1) is 17.9. The summed E-state index contributed by atoms with van der Waals surface area (Å²) in [5, 5.41) is 0.524. The van der Waals surface area contributed by atoms with Gasteiger partial charge in [-0.1, -0.05) is 48.0 Å². The minimum absolute atomic E-state index is 0.0871. The van der Waals surface area contributed by atoms with Gasteiger partial charge in [0.2, 0.25) is 5.91 Å². The molecule has 2 amide bonds. The van der Waals surface area contributed by atoms with Crippen molar-refractivity contribution in [3.05, 3.63) is 94.5 Å². The molecule has 2 heterocycles. The number of carbonyl (C=O) groups is 2. The summed E-state index contributed by atoms with van der Waals surface area (Å²) in [6.45, 7) is 5.92. The van der Waals surface area contributed by atoms with Crippen molar-refractivity contribution in [2.45, 2.75) is 12.8 Å². The minimum atomic E-state index is -0.304. The molecule has 5 rings (SSSR count). The highest BCUT2D eigenvalue weighted by Crippen LogP contribution is 2.36. The van der Waals surface area contributed by atoms with Crippen LogP contribution >= 0.6 is 11.6 Å². The van der Waals surface area contributed by atoms with Crippen LogP contribution in [0.2, 0.25) is 5.02 Å². The fourth-order valence-electron chi connectivity index (χ4n) is 5.53. The monoisotopic (exact) mass is 517 g/mol. The molecule has 0 bridgehead atoms. The molecule has 0 spiro atoms. The number of amides is 2. The van der Waals surface area contributed by atoms with Crippen molar-refractivity contribution in [1.29, 1.82) is 0 Å². The normalized spacial score (nSPS) is 19.7. The number of benzene rings is 3. The Balaban J connectivity index is 1.35. The molecule has 0 unspecified atom stereocenters. The first-order valence-electron chi connectivity index (χ1n) is 12.7. The molecule has 2 fully saturated rings. The maximum Gasteiger partial charge on any atom is 0.253 e. The van der Waals surface area contributed by atoms with Gasteiger partial charge in [0.1, 0.15) is 5.75 Å². The molecule has 2 atom stereocenters. The lowest BCUT2D eigenvalue weighted by molar-refractivity contribution is -0.135. The lowest BCUT2D eigenvalue weighted by atomic mass is 9.87. The van der Waals surface area contributed by atoms with Crippen LogP contribution in [0.5, 0.6) is 5.75 Å². The van der Waals surface area contributed by atoms with Gasteiger partial charge >= 0.3 is 0 Å². The number of nitrogens with zero attached hydrogens (tertiary/aromatic N) is 3. The third-order valence-corrected chi connectivity index (χ3v) is 7.82. The maximum atomic E-state index is 13.9. The van der Waals surface area contributed by atoms with E-state index in [9.17, 15) is 9.59 Å². The highest BCUT2D eigenvalue weighted by Gasteiger charge is 2.42. The molecule has 0 saturated carbocycles. The number of halogens is 1. The number of aryl methyl sites for hydroxylation is 1. The largest absolute Gasteiger partial charge is 0.497 e. The fourth-order valence-corrected chi connectivity index (χ4v) is 5.72. The Labute approximate surface area is 223 Å². The molecule has 192 valence electrons.